The second-order valence-electron chi connectivity index (χ2n) is 10.2. The number of rotatable bonds is 7. The smallest absolute Gasteiger partial charge is 0.131 e. The monoisotopic (exact) mass is 504 g/mol. The maximum absolute atomic E-state index is 9.20. The van der Waals surface area contributed by atoms with E-state index in [1.54, 1.807) is 0 Å². The van der Waals surface area contributed by atoms with Crippen molar-refractivity contribution in [3.05, 3.63) is 76.0 Å². The van der Waals surface area contributed by atoms with Crippen molar-refractivity contribution in [2.75, 3.05) is 39.5 Å². The molecule has 1 saturated carbocycles. The molecule has 36 heavy (non-hydrogen) atoms. The molecule has 188 valence electrons. The van der Waals surface area contributed by atoms with Crippen LogP contribution in [0.1, 0.15) is 42.7 Å². The summed E-state index contributed by atoms with van der Waals surface area (Å²) >= 11 is 6.07. The number of allylic oxidation sites excluding steroid dienone is 2. The first-order valence-corrected chi connectivity index (χ1v) is 13.5. The van der Waals surface area contributed by atoms with Crippen molar-refractivity contribution < 1.29 is 14.6 Å². The normalized spacial score (nSPS) is 24.6. The Morgan fingerprint density at radius 1 is 1.14 bits per heavy atom. The molecule has 6 heteroatoms. The fourth-order valence-corrected chi connectivity index (χ4v) is 6.00. The van der Waals surface area contributed by atoms with Crippen molar-refractivity contribution in [3.63, 3.8) is 0 Å². The minimum absolute atomic E-state index is 0.00123. The lowest BCUT2D eigenvalue weighted by Gasteiger charge is -2.32. The van der Waals surface area contributed by atoms with Crippen molar-refractivity contribution in [2.45, 2.75) is 31.6 Å². The van der Waals surface area contributed by atoms with Crippen LogP contribution in [0, 0.1) is 11.8 Å². The largest absolute Gasteiger partial charge is 0.491 e. The number of aliphatic hydroxyl groups excluding tert-OH is 1. The zero-order valence-electron chi connectivity index (χ0n) is 20.5. The van der Waals surface area contributed by atoms with E-state index in [4.69, 9.17) is 26.1 Å². The van der Waals surface area contributed by atoms with Crippen molar-refractivity contribution in [2.24, 2.45) is 16.8 Å². The molecule has 3 heterocycles. The predicted octanol–water partition coefficient (Wildman–Crippen LogP) is 5.73. The van der Waals surface area contributed by atoms with Gasteiger partial charge in [-0.1, -0.05) is 29.8 Å². The standard InChI is InChI=1S/C30H33ClN2O3/c31-23-5-3-20(4-6-23)21-9-12-33(13-10-21)11-1-2-25-27-17-24(35-15-14-34)7-8-29(27)36-19-28-30(25)26-16-22(26)18-32-28/h2-8,17-18,21-22,26,34H,1,9-16,19H2. The second kappa shape index (κ2) is 10.4. The number of aliphatic imine (C=N–C) groups is 1. The molecule has 5 nitrogen and oxygen atoms in total. The molecule has 2 unspecified atom stereocenters. The number of likely N-dealkylation sites (tertiary alicyclic amines) is 1. The zero-order valence-corrected chi connectivity index (χ0v) is 21.3. The van der Waals surface area contributed by atoms with E-state index in [1.165, 1.54) is 36.0 Å². The highest BCUT2D eigenvalue weighted by Crippen LogP contribution is 2.53. The summed E-state index contributed by atoms with van der Waals surface area (Å²) in [6.07, 6.45) is 9.05. The number of ether oxygens (including phenoxy) is 2. The topological polar surface area (TPSA) is 54.3 Å². The quantitative estimate of drug-likeness (QED) is 0.523. The van der Waals surface area contributed by atoms with Crippen molar-refractivity contribution in [1.82, 2.24) is 4.90 Å². The highest BCUT2D eigenvalue weighted by Gasteiger charge is 2.44. The number of hydrogen-bond acceptors (Lipinski definition) is 5. The molecule has 2 aromatic rings. The van der Waals surface area contributed by atoms with Gasteiger partial charge in [-0.2, -0.15) is 0 Å². The number of aliphatic hydroxyl groups is 1. The van der Waals surface area contributed by atoms with Crippen LogP contribution in [0.25, 0.3) is 5.57 Å². The third-order valence-electron chi connectivity index (χ3n) is 7.92. The lowest BCUT2D eigenvalue weighted by molar-refractivity contribution is 0.201. The number of benzene rings is 2. The van der Waals surface area contributed by atoms with Crippen LogP contribution in [0.4, 0.5) is 0 Å². The van der Waals surface area contributed by atoms with Crippen LogP contribution < -0.4 is 9.47 Å². The molecule has 2 fully saturated rings. The van der Waals surface area contributed by atoms with Crippen LogP contribution in [-0.4, -0.2) is 55.7 Å². The lowest BCUT2D eigenvalue weighted by Crippen LogP contribution is -2.33. The molecule has 3 aliphatic heterocycles. The van der Waals surface area contributed by atoms with E-state index in [0.29, 0.717) is 24.4 Å². The van der Waals surface area contributed by atoms with Crippen LogP contribution in [0.2, 0.25) is 5.02 Å². The molecule has 1 aliphatic carbocycles. The van der Waals surface area contributed by atoms with E-state index in [0.717, 1.165) is 53.8 Å². The SMILES string of the molecule is OCCOc1ccc2c(c1)C(=CCCN1CCC(c3ccc(Cl)cc3)CC1)C1=C(CO2)N=CC2CC12. The summed E-state index contributed by atoms with van der Waals surface area (Å²) in [5.74, 6) is 3.38. The highest BCUT2D eigenvalue weighted by atomic mass is 35.5. The summed E-state index contributed by atoms with van der Waals surface area (Å²) in [6, 6.07) is 14.4. The van der Waals surface area contributed by atoms with E-state index in [1.807, 2.05) is 24.3 Å². The molecule has 0 amide bonds. The third kappa shape index (κ3) is 4.97. The molecule has 2 aromatic carbocycles. The van der Waals surface area contributed by atoms with Gasteiger partial charge in [-0.3, -0.25) is 4.99 Å². The molecule has 2 atom stereocenters. The van der Waals surface area contributed by atoms with E-state index in [-0.39, 0.29) is 13.2 Å². The highest BCUT2D eigenvalue weighted by molar-refractivity contribution is 6.30. The van der Waals surface area contributed by atoms with Crippen LogP contribution >= 0.6 is 11.6 Å². The van der Waals surface area contributed by atoms with Crippen molar-refractivity contribution in [3.8, 4) is 11.5 Å². The number of piperidine rings is 1. The third-order valence-corrected chi connectivity index (χ3v) is 8.17. The molecule has 1 N–H and O–H groups in total. The Morgan fingerprint density at radius 2 is 1.97 bits per heavy atom. The Hall–Kier alpha value is -2.60. The van der Waals surface area contributed by atoms with Crippen LogP contribution in [0.3, 0.4) is 0 Å². The fraction of sp³-hybridized carbons (Fsp3) is 0.433. The fourth-order valence-electron chi connectivity index (χ4n) is 5.88. The van der Waals surface area contributed by atoms with E-state index in [9.17, 15) is 5.11 Å². The Labute approximate surface area is 218 Å². The lowest BCUT2D eigenvalue weighted by atomic mass is 9.89. The van der Waals surface area contributed by atoms with Crippen molar-refractivity contribution in [1.29, 1.82) is 0 Å². The first-order valence-electron chi connectivity index (χ1n) is 13.2. The summed E-state index contributed by atoms with van der Waals surface area (Å²) in [5.41, 5.74) is 6.18. The van der Waals surface area contributed by atoms with Crippen LogP contribution in [0.5, 0.6) is 11.5 Å². The average molecular weight is 505 g/mol. The summed E-state index contributed by atoms with van der Waals surface area (Å²) in [4.78, 5) is 7.38. The summed E-state index contributed by atoms with van der Waals surface area (Å²) in [5, 5.41) is 10.0. The number of halogens is 1. The Kier molecular flexibility index (Phi) is 6.87. The van der Waals surface area contributed by atoms with Gasteiger partial charge in [-0.05, 0) is 97.7 Å². The molecule has 0 bridgehead atoms. The molecule has 6 rings (SSSR count). The summed E-state index contributed by atoms with van der Waals surface area (Å²) in [6.45, 7) is 4.09. The van der Waals surface area contributed by atoms with Gasteiger partial charge in [0.25, 0.3) is 0 Å². The summed E-state index contributed by atoms with van der Waals surface area (Å²) < 4.78 is 11.9. The van der Waals surface area contributed by atoms with Crippen molar-refractivity contribution >= 4 is 23.4 Å². The number of hydrogen-bond donors (Lipinski definition) is 1. The Morgan fingerprint density at radius 3 is 2.78 bits per heavy atom. The van der Waals surface area contributed by atoms with E-state index < -0.39 is 0 Å². The molecule has 0 spiro atoms. The van der Waals surface area contributed by atoms with Gasteiger partial charge < -0.3 is 19.5 Å². The van der Waals surface area contributed by atoms with Gasteiger partial charge in [0, 0.05) is 29.3 Å². The minimum Gasteiger partial charge on any atom is -0.491 e. The molecule has 4 aliphatic rings. The minimum atomic E-state index is -0.00123. The van der Waals surface area contributed by atoms with Crippen LogP contribution in [0.15, 0.2) is 64.8 Å². The Bertz CT molecular complexity index is 1200. The van der Waals surface area contributed by atoms with Gasteiger partial charge in [0.1, 0.15) is 24.7 Å². The first kappa shape index (κ1) is 23.8. The van der Waals surface area contributed by atoms with Crippen LogP contribution in [-0.2, 0) is 0 Å². The zero-order chi connectivity index (χ0) is 24.5. The molecule has 1 saturated heterocycles. The molecule has 0 aromatic heterocycles. The Balaban J connectivity index is 1.18. The van der Waals surface area contributed by atoms with Gasteiger partial charge in [0.15, 0.2) is 0 Å². The number of nitrogens with zero attached hydrogens (tertiary/aromatic N) is 2. The second-order valence-corrected chi connectivity index (χ2v) is 10.7. The maximum Gasteiger partial charge on any atom is 0.131 e. The average Bonchev–Trinajstić information content (AvgIpc) is 3.71. The van der Waals surface area contributed by atoms with Gasteiger partial charge >= 0.3 is 0 Å². The first-order chi connectivity index (χ1) is 17.7. The molecular formula is C30H33ClN2O3. The van der Waals surface area contributed by atoms with Gasteiger partial charge in [0.2, 0.25) is 0 Å². The van der Waals surface area contributed by atoms with Gasteiger partial charge in [-0.25, -0.2) is 0 Å². The number of fused-ring (bicyclic) bond motifs is 3. The maximum atomic E-state index is 9.20. The van der Waals surface area contributed by atoms with E-state index in [2.05, 4.69) is 35.4 Å². The molecule has 0 radical (unpaired) electrons. The molecular weight excluding hydrogens is 472 g/mol. The van der Waals surface area contributed by atoms with E-state index >= 15 is 0 Å². The van der Waals surface area contributed by atoms with Gasteiger partial charge in [-0.15, -0.1) is 0 Å². The predicted molar refractivity (Wildman–Crippen MR) is 144 cm³/mol. The summed E-state index contributed by atoms with van der Waals surface area (Å²) in [7, 11) is 0. The van der Waals surface area contributed by atoms with Gasteiger partial charge in [0.05, 0.1) is 12.3 Å².